The van der Waals surface area contributed by atoms with Gasteiger partial charge in [0.2, 0.25) is 0 Å². The van der Waals surface area contributed by atoms with E-state index in [1.54, 1.807) is 31.4 Å². The summed E-state index contributed by atoms with van der Waals surface area (Å²) in [7, 11) is -2.11. The van der Waals surface area contributed by atoms with Gasteiger partial charge in [0, 0.05) is 0 Å². The number of hydrazone groups is 1. The van der Waals surface area contributed by atoms with E-state index in [2.05, 4.69) is 41.8 Å². The van der Waals surface area contributed by atoms with Gasteiger partial charge in [-0.1, -0.05) is 17.7 Å². The molecule has 2 aromatic carbocycles. The summed E-state index contributed by atoms with van der Waals surface area (Å²) in [6, 6.07) is 10.1. The largest absolute Gasteiger partial charge is 0.494 e. The molecule has 122 valence electrons. The third-order valence-corrected chi connectivity index (χ3v) is 5.36. The van der Waals surface area contributed by atoms with Crippen LogP contribution in [0, 0.1) is 6.92 Å². The molecule has 0 aromatic heterocycles. The lowest BCUT2D eigenvalue weighted by molar-refractivity contribution is 0.409. The number of sulfonamides is 1. The van der Waals surface area contributed by atoms with Crippen molar-refractivity contribution in [2.45, 2.75) is 11.8 Å². The van der Waals surface area contributed by atoms with Gasteiger partial charge in [0.1, 0.15) is 5.75 Å². The predicted octanol–water partition coefficient (Wildman–Crippen LogP) is 3.84. The van der Waals surface area contributed by atoms with E-state index in [4.69, 9.17) is 4.74 Å². The Morgan fingerprint density at radius 2 is 1.70 bits per heavy atom. The lowest BCUT2D eigenvalue weighted by Gasteiger charge is -2.07. The molecule has 2 aromatic rings. The Kier molecular flexibility index (Phi) is 5.83. The zero-order valence-corrected chi connectivity index (χ0v) is 16.4. The van der Waals surface area contributed by atoms with Crippen molar-refractivity contribution in [2.24, 2.45) is 5.10 Å². The van der Waals surface area contributed by atoms with Crippen LogP contribution >= 0.6 is 31.9 Å². The van der Waals surface area contributed by atoms with Gasteiger partial charge in [0.25, 0.3) is 10.0 Å². The van der Waals surface area contributed by atoms with Crippen LogP contribution < -0.4 is 9.57 Å². The number of ether oxygens (including phenoxy) is 1. The first kappa shape index (κ1) is 18.0. The molecule has 0 radical (unpaired) electrons. The number of hydrogen-bond donors (Lipinski definition) is 1. The number of methoxy groups -OCH3 is 1. The molecule has 0 heterocycles. The van der Waals surface area contributed by atoms with E-state index in [0.717, 1.165) is 14.5 Å². The molecule has 2 rings (SSSR count). The number of halogens is 2. The van der Waals surface area contributed by atoms with Crippen LogP contribution in [0.25, 0.3) is 0 Å². The van der Waals surface area contributed by atoms with Crippen LogP contribution in [0.4, 0.5) is 0 Å². The Labute approximate surface area is 152 Å². The molecule has 0 saturated carbocycles. The number of nitrogens with zero attached hydrogens (tertiary/aromatic N) is 1. The van der Waals surface area contributed by atoms with Gasteiger partial charge in [0.15, 0.2) is 0 Å². The van der Waals surface area contributed by atoms with Crippen LogP contribution in [0.3, 0.4) is 0 Å². The van der Waals surface area contributed by atoms with E-state index in [0.29, 0.717) is 11.3 Å². The van der Waals surface area contributed by atoms with E-state index >= 15 is 0 Å². The standard InChI is InChI=1S/C15H14Br2N2O3S/c1-10-3-5-12(6-4-10)23(20,21)19-18-9-11-7-13(16)15(22-2)14(17)8-11/h3-9,19H,1-2H3/b18-9-. The zero-order chi connectivity index (χ0) is 17.0. The zero-order valence-electron chi connectivity index (χ0n) is 12.4. The quantitative estimate of drug-likeness (QED) is 0.543. The highest BCUT2D eigenvalue weighted by atomic mass is 79.9. The van der Waals surface area contributed by atoms with Crippen LogP contribution in [0.15, 0.2) is 55.3 Å². The Morgan fingerprint density at radius 1 is 1.13 bits per heavy atom. The van der Waals surface area contributed by atoms with Crippen LogP contribution in [0.2, 0.25) is 0 Å². The van der Waals surface area contributed by atoms with E-state index in [1.807, 2.05) is 6.92 Å². The summed E-state index contributed by atoms with van der Waals surface area (Å²) in [6.07, 6.45) is 1.42. The molecule has 0 saturated heterocycles. The van der Waals surface area contributed by atoms with Gasteiger partial charge in [-0.25, -0.2) is 4.83 Å². The fourth-order valence-electron chi connectivity index (χ4n) is 1.79. The molecule has 0 spiro atoms. The summed E-state index contributed by atoms with van der Waals surface area (Å²) in [5.74, 6) is 0.655. The molecule has 23 heavy (non-hydrogen) atoms. The van der Waals surface area contributed by atoms with Crippen molar-refractivity contribution in [3.63, 3.8) is 0 Å². The maximum absolute atomic E-state index is 12.1. The first-order valence-electron chi connectivity index (χ1n) is 6.48. The summed E-state index contributed by atoms with van der Waals surface area (Å²) >= 11 is 6.76. The molecule has 0 aliphatic heterocycles. The Bertz CT molecular complexity index is 811. The Hall–Kier alpha value is -1.38. The SMILES string of the molecule is COc1c(Br)cc(/C=N\NS(=O)(=O)c2ccc(C)cc2)cc1Br. The smallest absolute Gasteiger partial charge is 0.276 e. The van der Waals surface area contributed by atoms with Gasteiger partial charge < -0.3 is 4.74 Å². The van der Waals surface area contributed by atoms with Crippen LogP contribution in [-0.2, 0) is 10.0 Å². The van der Waals surface area contributed by atoms with Crippen LogP contribution in [-0.4, -0.2) is 21.7 Å². The van der Waals surface area contributed by atoms with E-state index in [1.165, 1.54) is 18.3 Å². The summed E-state index contributed by atoms with van der Waals surface area (Å²) in [4.78, 5) is 2.35. The fourth-order valence-corrected chi connectivity index (χ4v) is 4.13. The molecule has 5 nitrogen and oxygen atoms in total. The van der Waals surface area contributed by atoms with Crippen molar-refractivity contribution in [3.05, 3.63) is 56.5 Å². The molecular weight excluding hydrogens is 448 g/mol. The lowest BCUT2D eigenvalue weighted by atomic mass is 10.2. The topological polar surface area (TPSA) is 67.8 Å². The molecule has 1 N–H and O–H groups in total. The third-order valence-electron chi connectivity index (χ3n) is 2.94. The Morgan fingerprint density at radius 3 is 2.22 bits per heavy atom. The summed E-state index contributed by atoms with van der Waals surface area (Å²) in [5, 5.41) is 3.80. The van der Waals surface area contributed by atoms with Crippen molar-refractivity contribution in [2.75, 3.05) is 7.11 Å². The first-order valence-corrected chi connectivity index (χ1v) is 9.55. The predicted molar refractivity (Wildman–Crippen MR) is 97.5 cm³/mol. The second-order valence-electron chi connectivity index (χ2n) is 4.68. The van der Waals surface area contributed by atoms with Gasteiger partial charge in [-0.15, -0.1) is 0 Å². The van der Waals surface area contributed by atoms with Crippen LogP contribution in [0.5, 0.6) is 5.75 Å². The maximum atomic E-state index is 12.1. The summed E-state index contributed by atoms with van der Waals surface area (Å²) < 4.78 is 30.9. The van der Waals surface area contributed by atoms with Crippen molar-refractivity contribution in [1.82, 2.24) is 4.83 Å². The molecule has 0 atom stereocenters. The van der Waals surface area contributed by atoms with E-state index in [9.17, 15) is 8.42 Å². The molecule has 0 fully saturated rings. The second-order valence-corrected chi connectivity index (χ2v) is 8.05. The highest BCUT2D eigenvalue weighted by Gasteiger charge is 2.12. The number of nitrogens with one attached hydrogen (secondary N) is 1. The number of hydrogen-bond acceptors (Lipinski definition) is 4. The fraction of sp³-hybridized carbons (Fsp3) is 0.133. The molecule has 0 amide bonds. The Balaban J connectivity index is 2.17. The number of aryl methyl sites for hydroxylation is 1. The van der Waals surface area contributed by atoms with Crippen molar-refractivity contribution in [1.29, 1.82) is 0 Å². The highest BCUT2D eigenvalue weighted by molar-refractivity contribution is 9.11. The first-order chi connectivity index (χ1) is 10.8. The van der Waals surface area contributed by atoms with Gasteiger partial charge in [-0.2, -0.15) is 13.5 Å². The molecule has 0 aliphatic rings. The number of rotatable bonds is 5. The normalized spacial score (nSPS) is 11.7. The maximum Gasteiger partial charge on any atom is 0.276 e. The van der Waals surface area contributed by atoms with Gasteiger partial charge in [0.05, 0.1) is 27.2 Å². The minimum absolute atomic E-state index is 0.164. The van der Waals surface area contributed by atoms with Gasteiger partial charge in [-0.3, -0.25) is 0 Å². The van der Waals surface area contributed by atoms with Gasteiger partial charge >= 0.3 is 0 Å². The lowest BCUT2D eigenvalue weighted by Crippen LogP contribution is -2.18. The average molecular weight is 462 g/mol. The van der Waals surface area contributed by atoms with Gasteiger partial charge in [-0.05, 0) is 68.6 Å². The van der Waals surface area contributed by atoms with Crippen LogP contribution in [0.1, 0.15) is 11.1 Å². The average Bonchev–Trinajstić information content (AvgIpc) is 2.47. The molecule has 0 aliphatic carbocycles. The van der Waals surface area contributed by atoms with Crippen molar-refractivity contribution < 1.29 is 13.2 Å². The highest BCUT2D eigenvalue weighted by Crippen LogP contribution is 2.33. The van der Waals surface area contributed by atoms with E-state index < -0.39 is 10.0 Å². The molecular formula is C15H14Br2N2O3S. The summed E-state index contributed by atoms with van der Waals surface area (Å²) in [6.45, 7) is 1.89. The monoisotopic (exact) mass is 460 g/mol. The van der Waals surface area contributed by atoms with E-state index in [-0.39, 0.29) is 4.90 Å². The second kappa shape index (κ2) is 7.46. The molecule has 8 heteroatoms. The van der Waals surface area contributed by atoms with Crippen molar-refractivity contribution >= 4 is 48.1 Å². The molecule has 0 unspecified atom stereocenters. The summed E-state index contributed by atoms with van der Waals surface area (Å²) in [5.41, 5.74) is 1.69. The number of benzene rings is 2. The minimum Gasteiger partial charge on any atom is -0.494 e. The minimum atomic E-state index is -3.68. The molecule has 0 bridgehead atoms. The van der Waals surface area contributed by atoms with Crippen molar-refractivity contribution in [3.8, 4) is 5.75 Å². The third kappa shape index (κ3) is 4.55.